The van der Waals surface area contributed by atoms with Crippen molar-refractivity contribution in [2.24, 2.45) is 10.8 Å². The third-order valence-electron chi connectivity index (χ3n) is 4.48. The van der Waals surface area contributed by atoms with Crippen LogP contribution in [-0.4, -0.2) is 40.6 Å². The molecule has 3 rings (SSSR count). The zero-order valence-electron chi connectivity index (χ0n) is 16.5. The minimum atomic E-state index is 0.326. The number of carbonyl (C=O) groups is 2. The minimum Gasteiger partial charge on any atom is -0.363 e. The lowest BCUT2D eigenvalue weighted by atomic mass is 9.60. The molecule has 1 aliphatic carbocycles. The molecule has 1 saturated carbocycles. The summed E-state index contributed by atoms with van der Waals surface area (Å²) in [6, 6.07) is 0. The number of nitrogens with zero attached hydrogens (tertiary/aromatic N) is 4. The molecule has 8 nitrogen and oxygen atoms in total. The molecule has 0 spiro atoms. The van der Waals surface area contributed by atoms with Crippen LogP contribution in [-0.2, 0) is 9.59 Å². The number of amides is 1. The van der Waals surface area contributed by atoms with Crippen LogP contribution in [0.15, 0.2) is 5.51 Å². The molecular formula is C17H28N6O2S2. The van der Waals surface area contributed by atoms with E-state index in [2.05, 4.69) is 58.7 Å². The first-order valence-electron chi connectivity index (χ1n) is 8.54. The van der Waals surface area contributed by atoms with Gasteiger partial charge in [0.05, 0.1) is 0 Å². The summed E-state index contributed by atoms with van der Waals surface area (Å²) in [5, 5.41) is 23.6. The molecule has 1 atom stereocenters. The highest BCUT2D eigenvalue weighted by Crippen LogP contribution is 2.53. The second kappa shape index (κ2) is 10.4. The Bertz CT molecular complexity index is 687. The van der Waals surface area contributed by atoms with Crippen LogP contribution in [0.2, 0.25) is 0 Å². The SMILES string of the molecule is C=O.CNc1nnc(C2CCC(C)(C)CC2(C)C)s1.O=CNc1nncs1. The van der Waals surface area contributed by atoms with Gasteiger partial charge in [-0.1, -0.05) is 50.4 Å². The first-order chi connectivity index (χ1) is 12.8. The van der Waals surface area contributed by atoms with Crippen molar-refractivity contribution in [3.63, 3.8) is 0 Å². The molecule has 0 bridgehead atoms. The van der Waals surface area contributed by atoms with E-state index in [0.717, 1.165) is 5.13 Å². The number of nitrogens with one attached hydrogen (secondary N) is 2. The molecule has 0 aromatic carbocycles. The number of carbonyl (C=O) groups excluding carboxylic acids is 2. The van der Waals surface area contributed by atoms with Gasteiger partial charge in [-0.3, -0.25) is 4.79 Å². The third kappa shape index (κ3) is 6.94. The average Bonchev–Trinajstić information content (AvgIpc) is 3.27. The minimum absolute atomic E-state index is 0.326. The highest BCUT2D eigenvalue weighted by Gasteiger charge is 2.42. The van der Waals surface area contributed by atoms with Crippen molar-refractivity contribution in [1.29, 1.82) is 0 Å². The molecule has 150 valence electrons. The average molecular weight is 413 g/mol. The normalized spacial score (nSPS) is 19.5. The van der Waals surface area contributed by atoms with Crippen LogP contribution in [0.5, 0.6) is 0 Å². The number of hydrogen-bond donors (Lipinski definition) is 2. The zero-order valence-corrected chi connectivity index (χ0v) is 18.1. The summed E-state index contributed by atoms with van der Waals surface area (Å²) in [5.74, 6) is 0.565. The van der Waals surface area contributed by atoms with Gasteiger partial charge in [0.2, 0.25) is 16.7 Å². The van der Waals surface area contributed by atoms with Crippen LogP contribution in [0.25, 0.3) is 0 Å². The van der Waals surface area contributed by atoms with Crippen molar-refractivity contribution in [3.8, 4) is 0 Å². The van der Waals surface area contributed by atoms with Crippen molar-refractivity contribution in [2.45, 2.75) is 52.9 Å². The number of aromatic nitrogens is 4. The largest absolute Gasteiger partial charge is 0.363 e. The van der Waals surface area contributed by atoms with Gasteiger partial charge in [0.15, 0.2) is 0 Å². The summed E-state index contributed by atoms with van der Waals surface area (Å²) in [6.07, 6.45) is 4.35. The Hall–Kier alpha value is -1.94. The Labute approximate surface area is 168 Å². The summed E-state index contributed by atoms with van der Waals surface area (Å²) in [5.41, 5.74) is 2.34. The Balaban J connectivity index is 0.000000305. The molecule has 2 heterocycles. The Morgan fingerprint density at radius 1 is 1.19 bits per heavy atom. The van der Waals surface area contributed by atoms with E-state index in [1.807, 2.05) is 13.8 Å². The van der Waals surface area contributed by atoms with Crippen molar-refractivity contribution in [1.82, 2.24) is 20.4 Å². The predicted molar refractivity (Wildman–Crippen MR) is 110 cm³/mol. The van der Waals surface area contributed by atoms with Crippen LogP contribution < -0.4 is 10.6 Å². The molecule has 1 aliphatic rings. The van der Waals surface area contributed by atoms with Gasteiger partial charge in [-0.15, -0.1) is 20.4 Å². The molecular weight excluding hydrogens is 384 g/mol. The van der Waals surface area contributed by atoms with Crippen LogP contribution in [0.4, 0.5) is 10.3 Å². The van der Waals surface area contributed by atoms with E-state index in [4.69, 9.17) is 4.79 Å². The lowest BCUT2D eigenvalue weighted by Gasteiger charge is -2.45. The van der Waals surface area contributed by atoms with Crippen molar-refractivity contribution < 1.29 is 9.59 Å². The summed E-state index contributed by atoms with van der Waals surface area (Å²) in [7, 11) is 1.90. The van der Waals surface area contributed by atoms with Gasteiger partial charge in [0, 0.05) is 13.0 Å². The van der Waals surface area contributed by atoms with E-state index in [9.17, 15) is 4.79 Å². The fraction of sp³-hybridized carbons (Fsp3) is 0.647. The summed E-state index contributed by atoms with van der Waals surface area (Å²) < 4.78 is 0. The van der Waals surface area contributed by atoms with Crippen molar-refractivity contribution in [3.05, 3.63) is 10.5 Å². The molecule has 2 N–H and O–H groups in total. The Morgan fingerprint density at radius 3 is 2.37 bits per heavy atom. The Kier molecular flexibility index (Phi) is 8.91. The predicted octanol–water partition coefficient (Wildman–Crippen LogP) is 3.82. The van der Waals surface area contributed by atoms with E-state index >= 15 is 0 Å². The van der Waals surface area contributed by atoms with Gasteiger partial charge in [-0.2, -0.15) is 0 Å². The molecule has 1 fully saturated rings. The standard InChI is InChI=1S/C13H23N3S.C3H3N3OS.CH2O/c1-12(2)7-6-9(13(3,4)8-12)10-15-16-11(14-5)17-10;7-1-4-3-6-5-2-8-3;1-2/h9H,6-8H2,1-5H3,(H,14,16);1-2H,(H,4,6,7);1H2. The van der Waals surface area contributed by atoms with Crippen molar-refractivity contribution >= 4 is 46.1 Å². The van der Waals surface area contributed by atoms with Crippen LogP contribution in [0.3, 0.4) is 0 Å². The van der Waals surface area contributed by atoms with Gasteiger partial charge in [-0.05, 0) is 30.1 Å². The van der Waals surface area contributed by atoms with E-state index in [1.165, 1.54) is 35.6 Å². The van der Waals surface area contributed by atoms with Gasteiger partial charge in [0.1, 0.15) is 17.3 Å². The molecule has 1 unspecified atom stereocenters. The highest BCUT2D eigenvalue weighted by molar-refractivity contribution is 7.15. The summed E-state index contributed by atoms with van der Waals surface area (Å²) in [6.45, 7) is 11.5. The van der Waals surface area contributed by atoms with E-state index in [-0.39, 0.29) is 0 Å². The molecule has 10 heteroatoms. The van der Waals surface area contributed by atoms with Gasteiger partial charge >= 0.3 is 0 Å². The maximum Gasteiger partial charge on any atom is 0.213 e. The van der Waals surface area contributed by atoms with E-state index < -0.39 is 0 Å². The molecule has 0 radical (unpaired) electrons. The highest BCUT2D eigenvalue weighted by atomic mass is 32.1. The van der Waals surface area contributed by atoms with Gasteiger partial charge in [0.25, 0.3) is 0 Å². The number of anilines is 2. The number of hydrogen-bond acceptors (Lipinski definition) is 9. The third-order valence-corrected chi connectivity index (χ3v) is 6.16. The molecule has 2 aromatic rings. The van der Waals surface area contributed by atoms with Crippen LogP contribution in [0, 0.1) is 10.8 Å². The fourth-order valence-corrected chi connectivity index (χ4v) is 5.04. The smallest absolute Gasteiger partial charge is 0.213 e. The molecule has 1 amide bonds. The number of rotatable bonds is 4. The fourth-order valence-electron chi connectivity index (χ4n) is 3.59. The van der Waals surface area contributed by atoms with E-state index in [1.54, 1.807) is 16.8 Å². The molecule has 27 heavy (non-hydrogen) atoms. The monoisotopic (exact) mass is 412 g/mol. The topological polar surface area (TPSA) is 110 Å². The van der Waals surface area contributed by atoms with Crippen LogP contribution >= 0.6 is 22.7 Å². The van der Waals surface area contributed by atoms with Gasteiger partial charge < -0.3 is 15.4 Å². The quantitative estimate of drug-likeness (QED) is 0.735. The van der Waals surface area contributed by atoms with Crippen LogP contribution in [0.1, 0.15) is 57.9 Å². The lowest BCUT2D eigenvalue weighted by molar-refractivity contribution is -0.105. The molecule has 0 saturated heterocycles. The van der Waals surface area contributed by atoms with Crippen molar-refractivity contribution in [2.75, 3.05) is 17.7 Å². The Morgan fingerprint density at radius 2 is 1.89 bits per heavy atom. The second-order valence-corrected chi connectivity index (χ2v) is 9.46. The summed E-state index contributed by atoms with van der Waals surface area (Å²) >= 11 is 2.99. The first-order valence-corrected chi connectivity index (χ1v) is 10.2. The zero-order chi connectivity index (χ0) is 20.5. The summed E-state index contributed by atoms with van der Waals surface area (Å²) in [4.78, 5) is 17.7. The molecule has 2 aromatic heterocycles. The molecule has 0 aliphatic heterocycles. The second-order valence-electron chi connectivity index (χ2n) is 7.62. The maximum absolute atomic E-state index is 9.70. The first kappa shape index (κ1) is 23.1. The van der Waals surface area contributed by atoms with Gasteiger partial charge in [-0.25, -0.2) is 0 Å². The lowest BCUT2D eigenvalue weighted by Crippen LogP contribution is -2.34. The maximum atomic E-state index is 9.70. The van der Waals surface area contributed by atoms with E-state index in [0.29, 0.717) is 28.3 Å².